The second-order valence-electron chi connectivity index (χ2n) is 3.19. The zero-order chi connectivity index (χ0) is 11.8. The maximum atomic E-state index is 11.0. The van der Waals surface area contributed by atoms with Crippen LogP contribution in [0.2, 0.25) is 0 Å². The fraction of sp³-hybridized carbons (Fsp3) is 0.778. The van der Waals surface area contributed by atoms with E-state index in [-0.39, 0.29) is 6.61 Å². The summed E-state index contributed by atoms with van der Waals surface area (Å²) in [6.07, 6.45) is -0.385. The van der Waals surface area contributed by atoms with Crippen LogP contribution in [0, 0.1) is 0 Å². The third-order valence-electron chi connectivity index (χ3n) is 1.75. The van der Waals surface area contributed by atoms with Gasteiger partial charge in [-0.15, -0.1) is 0 Å². The van der Waals surface area contributed by atoms with Crippen LogP contribution in [-0.2, 0) is 9.53 Å². The predicted octanol–water partition coefficient (Wildman–Crippen LogP) is 0.347. The third-order valence-corrected chi connectivity index (χ3v) is 1.75. The van der Waals surface area contributed by atoms with Gasteiger partial charge < -0.3 is 20.3 Å². The van der Waals surface area contributed by atoms with Gasteiger partial charge in [0.1, 0.15) is 0 Å². The van der Waals surface area contributed by atoms with Gasteiger partial charge in [-0.25, -0.2) is 9.59 Å². The summed E-state index contributed by atoms with van der Waals surface area (Å²) in [7, 11) is 0. The zero-order valence-corrected chi connectivity index (χ0v) is 8.90. The number of rotatable bonds is 6. The minimum atomic E-state index is -1.33. The number of nitrogens with one attached hydrogen (secondary N) is 1. The molecular formula is C9H17NO5. The molecule has 0 aromatic heterocycles. The summed E-state index contributed by atoms with van der Waals surface area (Å²) in [5.41, 5.74) is 0. The number of aliphatic carboxylic acids is 1. The van der Waals surface area contributed by atoms with Crippen LogP contribution in [0.25, 0.3) is 0 Å². The molecule has 88 valence electrons. The molecule has 6 nitrogen and oxygen atoms in total. The number of ether oxygens (including phenoxy) is 1. The largest absolute Gasteiger partial charge is 0.480 e. The van der Waals surface area contributed by atoms with Crippen molar-refractivity contribution in [3.8, 4) is 0 Å². The van der Waals surface area contributed by atoms with E-state index in [1.807, 2.05) is 6.92 Å². The molecule has 0 aromatic rings. The highest BCUT2D eigenvalue weighted by molar-refractivity contribution is 5.80. The van der Waals surface area contributed by atoms with Crippen molar-refractivity contribution in [1.29, 1.82) is 0 Å². The van der Waals surface area contributed by atoms with Gasteiger partial charge in [0.05, 0.1) is 12.7 Å². The normalized spacial score (nSPS) is 14.1. The topological polar surface area (TPSA) is 95.9 Å². The summed E-state index contributed by atoms with van der Waals surface area (Å²) in [6.45, 7) is 3.47. The molecule has 0 aromatic carbocycles. The van der Waals surface area contributed by atoms with Crippen LogP contribution in [0.4, 0.5) is 4.79 Å². The Morgan fingerprint density at radius 1 is 1.47 bits per heavy atom. The van der Waals surface area contributed by atoms with Gasteiger partial charge >= 0.3 is 12.1 Å². The molecule has 0 spiro atoms. The van der Waals surface area contributed by atoms with E-state index >= 15 is 0 Å². The fourth-order valence-electron chi connectivity index (χ4n) is 0.867. The number of hydrogen-bond donors (Lipinski definition) is 3. The van der Waals surface area contributed by atoms with Gasteiger partial charge in [-0.2, -0.15) is 0 Å². The number of carbonyl (C=O) groups excluding carboxylic acids is 1. The monoisotopic (exact) mass is 219 g/mol. The van der Waals surface area contributed by atoms with E-state index in [0.717, 1.165) is 12.8 Å². The summed E-state index contributed by atoms with van der Waals surface area (Å²) in [6, 6.07) is -1.33. The van der Waals surface area contributed by atoms with E-state index < -0.39 is 24.2 Å². The first kappa shape index (κ1) is 13.7. The fourth-order valence-corrected chi connectivity index (χ4v) is 0.867. The molecular weight excluding hydrogens is 202 g/mol. The highest BCUT2D eigenvalue weighted by atomic mass is 16.5. The smallest absolute Gasteiger partial charge is 0.407 e. The van der Waals surface area contributed by atoms with Crippen LogP contribution < -0.4 is 5.32 Å². The molecule has 0 aliphatic rings. The van der Waals surface area contributed by atoms with Gasteiger partial charge in [0.2, 0.25) is 0 Å². The number of aliphatic hydroxyl groups excluding tert-OH is 1. The summed E-state index contributed by atoms with van der Waals surface area (Å²) in [5.74, 6) is -1.29. The number of alkyl carbamates (subject to hydrolysis) is 1. The van der Waals surface area contributed by atoms with Crippen molar-refractivity contribution in [2.45, 2.75) is 38.8 Å². The predicted molar refractivity (Wildman–Crippen MR) is 52.5 cm³/mol. The number of carboxylic acid groups (broad SMARTS) is 1. The molecule has 2 atom stereocenters. The molecule has 0 unspecified atom stereocenters. The quantitative estimate of drug-likeness (QED) is 0.560. The van der Waals surface area contributed by atoms with Gasteiger partial charge in [-0.05, 0) is 13.3 Å². The molecule has 0 saturated heterocycles. The van der Waals surface area contributed by atoms with E-state index in [4.69, 9.17) is 10.2 Å². The number of carboxylic acids is 1. The summed E-state index contributed by atoms with van der Waals surface area (Å²) < 4.78 is 4.69. The highest BCUT2D eigenvalue weighted by Gasteiger charge is 2.25. The van der Waals surface area contributed by atoms with Crippen LogP contribution in [0.5, 0.6) is 0 Å². The zero-order valence-electron chi connectivity index (χ0n) is 8.90. The molecule has 0 fully saturated rings. The van der Waals surface area contributed by atoms with Gasteiger partial charge in [0.15, 0.2) is 6.04 Å². The first-order chi connectivity index (χ1) is 6.99. The number of hydrogen-bond acceptors (Lipinski definition) is 4. The Hall–Kier alpha value is -1.30. The first-order valence-corrected chi connectivity index (χ1v) is 4.83. The Kier molecular flexibility index (Phi) is 6.44. The third kappa shape index (κ3) is 5.90. The number of amides is 1. The molecule has 0 bridgehead atoms. The van der Waals surface area contributed by atoms with Crippen LogP contribution in [0.15, 0.2) is 0 Å². The molecule has 0 aliphatic carbocycles. The van der Waals surface area contributed by atoms with Crippen LogP contribution in [0.3, 0.4) is 0 Å². The molecule has 0 radical (unpaired) electrons. The SMILES string of the molecule is CCCCOC(=O)N[C@H](C(=O)O)[C@@H](C)O. The molecule has 3 N–H and O–H groups in total. The Bertz CT molecular complexity index is 217. The molecule has 6 heteroatoms. The van der Waals surface area contributed by atoms with Crippen molar-refractivity contribution in [2.75, 3.05) is 6.61 Å². The van der Waals surface area contributed by atoms with E-state index in [2.05, 4.69) is 10.1 Å². The van der Waals surface area contributed by atoms with Crippen molar-refractivity contribution < 1.29 is 24.5 Å². The lowest BCUT2D eigenvalue weighted by Gasteiger charge is -2.16. The number of carbonyl (C=O) groups is 2. The average Bonchev–Trinajstić information content (AvgIpc) is 2.13. The maximum Gasteiger partial charge on any atom is 0.407 e. The molecule has 1 amide bonds. The van der Waals surface area contributed by atoms with E-state index in [0.29, 0.717) is 0 Å². The van der Waals surface area contributed by atoms with Crippen molar-refractivity contribution in [3.63, 3.8) is 0 Å². The van der Waals surface area contributed by atoms with Gasteiger partial charge in [-0.3, -0.25) is 0 Å². The van der Waals surface area contributed by atoms with E-state index in [1.165, 1.54) is 6.92 Å². The molecule has 0 saturated carbocycles. The molecule has 0 heterocycles. The van der Waals surface area contributed by atoms with Gasteiger partial charge in [-0.1, -0.05) is 13.3 Å². The maximum absolute atomic E-state index is 11.0. The standard InChI is InChI=1S/C9H17NO5/c1-3-4-5-15-9(14)10-7(6(2)11)8(12)13/h6-7,11H,3-5H2,1-2H3,(H,10,14)(H,12,13)/t6-,7+/m1/s1. The van der Waals surface area contributed by atoms with Crippen molar-refractivity contribution in [1.82, 2.24) is 5.32 Å². The summed E-state index contributed by atoms with van der Waals surface area (Å²) in [5, 5.41) is 19.7. The second-order valence-corrected chi connectivity index (χ2v) is 3.19. The van der Waals surface area contributed by atoms with Crippen molar-refractivity contribution >= 4 is 12.1 Å². The number of aliphatic hydroxyl groups is 1. The lowest BCUT2D eigenvalue weighted by atomic mass is 10.2. The lowest BCUT2D eigenvalue weighted by molar-refractivity contribution is -0.142. The average molecular weight is 219 g/mol. The van der Waals surface area contributed by atoms with Gasteiger partial charge in [0.25, 0.3) is 0 Å². The highest BCUT2D eigenvalue weighted by Crippen LogP contribution is 1.95. The molecule has 0 rings (SSSR count). The van der Waals surface area contributed by atoms with Crippen LogP contribution in [0.1, 0.15) is 26.7 Å². The lowest BCUT2D eigenvalue weighted by Crippen LogP contribution is -2.47. The Morgan fingerprint density at radius 3 is 2.47 bits per heavy atom. The van der Waals surface area contributed by atoms with E-state index in [1.54, 1.807) is 0 Å². The van der Waals surface area contributed by atoms with Crippen molar-refractivity contribution in [3.05, 3.63) is 0 Å². The molecule has 15 heavy (non-hydrogen) atoms. The van der Waals surface area contributed by atoms with Crippen LogP contribution in [-0.4, -0.2) is 41.0 Å². The van der Waals surface area contributed by atoms with Crippen LogP contribution >= 0.6 is 0 Å². The van der Waals surface area contributed by atoms with E-state index in [9.17, 15) is 9.59 Å². The summed E-state index contributed by atoms with van der Waals surface area (Å²) >= 11 is 0. The molecule has 0 aliphatic heterocycles. The second kappa shape index (κ2) is 7.05. The Morgan fingerprint density at radius 2 is 2.07 bits per heavy atom. The Balaban J connectivity index is 3.95. The minimum Gasteiger partial charge on any atom is -0.480 e. The first-order valence-electron chi connectivity index (χ1n) is 4.83. The van der Waals surface area contributed by atoms with Gasteiger partial charge in [0, 0.05) is 0 Å². The minimum absolute atomic E-state index is 0.245. The Labute approximate surface area is 88.2 Å². The number of unbranched alkanes of at least 4 members (excludes halogenated alkanes) is 1. The summed E-state index contributed by atoms with van der Waals surface area (Å²) in [4.78, 5) is 21.6. The van der Waals surface area contributed by atoms with Crippen molar-refractivity contribution in [2.24, 2.45) is 0 Å².